The number of anilines is 1. The molecule has 1 N–H and O–H groups in total. The standard InChI is InChI=1S/C18H21ClN2O3/c1-10-14(19)8-5-9-15(10)20-16(22)11(2)21-17(23)12-6-3-4-7-13(12)18(21)24/h5,8-9,11-13H,3-4,6-7H2,1-2H3,(H,20,22)/t11-,12?,13?/m0/s1. The van der Waals surface area contributed by atoms with Crippen LogP contribution in [0.25, 0.3) is 0 Å². The molecule has 1 aliphatic carbocycles. The minimum atomic E-state index is -0.825. The van der Waals surface area contributed by atoms with E-state index in [-0.39, 0.29) is 29.6 Å². The Kier molecular flexibility index (Phi) is 4.63. The molecule has 2 aliphatic rings. The largest absolute Gasteiger partial charge is 0.324 e. The van der Waals surface area contributed by atoms with Gasteiger partial charge >= 0.3 is 0 Å². The van der Waals surface area contributed by atoms with Crippen molar-refractivity contribution in [2.75, 3.05) is 5.32 Å². The first-order valence-corrected chi connectivity index (χ1v) is 8.72. The van der Waals surface area contributed by atoms with Gasteiger partial charge in [-0.3, -0.25) is 19.3 Å². The van der Waals surface area contributed by atoms with Crippen LogP contribution in [0.15, 0.2) is 18.2 Å². The van der Waals surface area contributed by atoms with Crippen LogP contribution in [0, 0.1) is 18.8 Å². The number of carbonyl (C=O) groups excluding carboxylic acids is 3. The van der Waals surface area contributed by atoms with Gasteiger partial charge in [-0.05, 0) is 44.4 Å². The average Bonchev–Trinajstić information content (AvgIpc) is 2.83. The number of likely N-dealkylation sites (tertiary alicyclic amines) is 1. The number of rotatable bonds is 3. The Labute approximate surface area is 146 Å². The molecule has 1 heterocycles. The van der Waals surface area contributed by atoms with Crippen LogP contribution in [0.4, 0.5) is 5.69 Å². The summed E-state index contributed by atoms with van der Waals surface area (Å²) in [5.41, 5.74) is 1.35. The van der Waals surface area contributed by atoms with Gasteiger partial charge in [0.25, 0.3) is 0 Å². The molecular weight excluding hydrogens is 328 g/mol. The van der Waals surface area contributed by atoms with E-state index in [0.29, 0.717) is 10.7 Å². The van der Waals surface area contributed by atoms with E-state index in [2.05, 4.69) is 5.32 Å². The number of carbonyl (C=O) groups is 3. The van der Waals surface area contributed by atoms with Crippen LogP contribution in [-0.2, 0) is 14.4 Å². The lowest BCUT2D eigenvalue weighted by atomic mass is 9.81. The summed E-state index contributed by atoms with van der Waals surface area (Å²) in [6.07, 6.45) is 3.42. The fourth-order valence-corrected chi connectivity index (χ4v) is 3.84. The Morgan fingerprint density at radius 3 is 2.38 bits per heavy atom. The van der Waals surface area contributed by atoms with Gasteiger partial charge in [-0.25, -0.2) is 0 Å². The molecule has 24 heavy (non-hydrogen) atoms. The summed E-state index contributed by atoms with van der Waals surface area (Å²) in [6, 6.07) is 4.41. The molecule has 5 nitrogen and oxygen atoms in total. The Balaban J connectivity index is 1.77. The van der Waals surface area contributed by atoms with Crippen molar-refractivity contribution in [1.82, 2.24) is 4.90 Å². The van der Waals surface area contributed by atoms with Gasteiger partial charge in [0, 0.05) is 10.7 Å². The Morgan fingerprint density at radius 2 is 1.79 bits per heavy atom. The Hall–Kier alpha value is -1.88. The fraction of sp³-hybridized carbons (Fsp3) is 0.500. The molecule has 6 heteroatoms. The second-order valence-corrected chi connectivity index (χ2v) is 7.03. The number of nitrogens with one attached hydrogen (secondary N) is 1. The molecule has 0 bridgehead atoms. The fourth-order valence-electron chi connectivity index (χ4n) is 3.67. The third-order valence-corrected chi connectivity index (χ3v) is 5.58. The van der Waals surface area contributed by atoms with E-state index in [0.717, 1.165) is 36.1 Å². The minimum absolute atomic E-state index is 0.199. The summed E-state index contributed by atoms with van der Waals surface area (Å²) in [5, 5.41) is 3.34. The van der Waals surface area contributed by atoms with E-state index in [1.165, 1.54) is 0 Å². The third-order valence-electron chi connectivity index (χ3n) is 5.17. The predicted molar refractivity (Wildman–Crippen MR) is 91.6 cm³/mol. The molecule has 1 aromatic carbocycles. The minimum Gasteiger partial charge on any atom is -0.324 e. The molecule has 1 saturated carbocycles. The normalized spacial score (nSPS) is 24.7. The monoisotopic (exact) mass is 348 g/mol. The first-order chi connectivity index (χ1) is 11.4. The number of nitrogens with zero attached hydrogens (tertiary/aromatic N) is 1. The van der Waals surface area contributed by atoms with Gasteiger partial charge in [-0.2, -0.15) is 0 Å². The number of halogens is 1. The van der Waals surface area contributed by atoms with Crippen molar-refractivity contribution in [3.05, 3.63) is 28.8 Å². The number of fused-ring (bicyclic) bond motifs is 1. The van der Waals surface area contributed by atoms with Crippen LogP contribution in [0.5, 0.6) is 0 Å². The lowest BCUT2D eigenvalue weighted by molar-refractivity contribution is -0.146. The molecule has 1 aromatic rings. The summed E-state index contributed by atoms with van der Waals surface area (Å²) < 4.78 is 0. The maximum Gasteiger partial charge on any atom is 0.247 e. The van der Waals surface area contributed by atoms with Gasteiger partial charge in [-0.1, -0.05) is 30.5 Å². The lowest BCUT2D eigenvalue weighted by Gasteiger charge is -2.23. The summed E-state index contributed by atoms with van der Waals surface area (Å²) in [5.74, 6) is -1.25. The van der Waals surface area contributed by atoms with Crippen LogP contribution < -0.4 is 5.32 Å². The second kappa shape index (κ2) is 6.55. The first-order valence-electron chi connectivity index (χ1n) is 8.34. The molecule has 1 saturated heterocycles. The molecule has 128 valence electrons. The van der Waals surface area contributed by atoms with E-state index in [1.807, 2.05) is 6.92 Å². The SMILES string of the molecule is Cc1c(Cl)cccc1NC(=O)[C@H](C)N1C(=O)C2CCCCC2C1=O. The molecule has 0 aromatic heterocycles. The van der Waals surface area contributed by atoms with Crippen LogP contribution >= 0.6 is 11.6 Å². The van der Waals surface area contributed by atoms with Gasteiger partial charge in [0.05, 0.1) is 11.8 Å². The zero-order valence-corrected chi connectivity index (χ0v) is 14.6. The number of benzene rings is 1. The van der Waals surface area contributed by atoms with E-state index in [9.17, 15) is 14.4 Å². The average molecular weight is 349 g/mol. The molecule has 0 spiro atoms. The summed E-state index contributed by atoms with van der Waals surface area (Å²) in [4.78, 5) is 38.9. The quantitative estimate of drug-likeness (QED) is 0.853. The van der Waals surface area contributed by atoms with E-state index in [1.54, 1.807) is 25.1 Å². The molecule has 3 amide bonds. The maximum absolute atomic E-state index is 12.6. The lowest BCUT2D eigenvalue weighted by Crippen LogP contribution is -2.46. The van der Waals surface area contributed by atoms with Crippen molar-refractivity contribution in [3.63, 3.8) is 0 Å². The van der Waals surface area contributed by atoms with Crippen LogP contribution in [0.2, 0.25) is 5.02 Å². The molecule has 0 radical (unpaired) electrons. The van der Waals surface area contributed by atoms with Gasteiger partial charge in [0.15, 0.2) is 0 Å². The molecule has 1 aliphatic heterocycles. The zero-order chi connectivity index (χ0) is 17.4. The van der Waals surface area contributed by atoms with Crippen LogP contribution in [0.1, 0.15) is 38.2 Å². The highest BCUT2D eigenvalue weighted by atomic mass is 35.5. The second-order valence-electron chi connectivity index (χ2n) is 6.62. The maximum atomic E-state index is 12.6. The number of hydrogen-bond donors (Lipinski definition) is 1. The summed E-state index contributed by atoms with van der Waals surface area (Å²) in [7, 11) is 0. The molecular formula is C18H21ClN2O3. The molecule has 2 fully saturated rings. The van der Waals surface area contributed by atoms with Crippen molar-refractivity contribution >= 4 is 35.0 Å². The van der Waals surface area contributed by atoms with Crippen LogP contribution in [0.3, 0.4) is 0 Å². The Bertz CT molecular complexity index is 680. The van der Waals surface area contributed by atoms with Crippen molar-refractivity contribution in [1.29, 1.82) is 0 Å². The van der Waals surface area contributed by atoms with E-state index in [4.69, 9.17) is 11.6 Å². The summed E-state index contributed by atoms with van der Waals surface area (Å²) >= 11 is 6.06. The molecule has 3 atom stereocenters. The number of hydrogen-bond acceptors (Lipinski definition) is 3. The predicted octanol–water partition coefficient (Wildman–Crippen LogP) is 3.15. The summed E-state index contributed by atoms with van der Waals surface area (Å²) in [6.45, 7) is 3.41. The number of imide groups is 1. The Morgan fingerprint density at radius 1 is 1.21 bits per heavy atom. The third kappa shape index (κ3) is 2.81. The van der Waals surface area contributed by atoms with Gasteiger partial charge in [0.2, 0.25) is 17.7 Å². The zero-order valence-electron chi connectivity index (χ0n) is 13.8. The van der Waals surface area contributed by atoms with Crippen molar-refractivity contribution < 1.29 is 14.4 Å². The van der Waals surface area contributed by atoms with Gasteiger partial charge in [0.1, 0.15) is 6.04 Å². The highest BCUT2D eigenvalue weighted by Crippen LogP contribution is 2.39. The van der Waals surface area contributed by atoms with Crippen molar-refractivity contribution in [3.8, 4) is 0 Å². The van der Waals surface area contributed by atoms with E-state index < -0.39 is 6.04 Å². The molecule has 2 unspecified atom stereocenters. The van der Waals surface area contributed by atoms with Gasteiger partial charge in [-0.15, -0.1) is 0 Å². The van der Waals surface area contributed by atoms with Crippen molar-refractivity contribution in [2.45, 2.75) is 45.6 Å². The van der Waals surface area contributed by atoms with Crippen molar-refractivity contribution in [2.24, 2.45) is 11.8 Å². The van der Waals surface area contributed by atoms with Crippen LogP contribution in [-0.4, -0.2) is 28.7 Å². The topological polar surface area (TPSA) is 66.5 Å². The van der Waals surface area contributed by atoms with E-state index >= 15 is 0 Å². The highest BCUT2D eigenvalue weighted by molar-refractivity contribution is 6.31. The first kappa shape index (κ1) is 17.0. The van der Waals surface area contributed by atoms with Gasteiger partial charge < -0.3 is 5.32 Å². The number of amides is 3. The molecule has 3 rings (SSSR count). The smallest absolute Gasteiger partial charge is 0.247 e. The highest BCUT2D eigenvalue weighted by Gasteiger charge is 2.50.